The van der Waals surface area contributed by atoms with Crippen LogP contribution in [0.1, 0.15) is 33.2 Å². The van der Waals surface area contributed by atoms with Gasteiger partial charge in [0.2, 0.25) is 0 Å². The number of hydrogen-bond donors (Lipinski definition) is 1. The Bertz CT molecular complexity index is 1470. The van der Waals surface area contributed by atoms with Crippen LogP contribution < -0.4 is 10.2 Å². The molecular weight excluding hydrogens is 551 g/mol. The summed E-state index contributed by atoms with van der Waals surface area (Å²) in [6, 6.07) is 22.6. The molecule has 37 heavy (non-hydrogen) atoms. The van der Waals surface area contributed by atoms with E-state index >= 15 is 0 Å². The summed E-state index contributed by atoms with van der Waals surface area (Å²) in [5, 5.41) is 5.88. The molecule has 5 nitrogen and oxygen atoms in total. The maximum absolute atomic E-state index is 13.3. The van der Waals surface area contributed by atoms with Crippen LogP contribution in [0.4, 0.5) is 5.69 Å². The maximum atomic E-state index is 13.3. The lowest BCUT2D eigenvalue weighted by Gasteiger charge is -2.27. The molecule has 0 heterocycles. The van der Waals surface area contributed by atoms with E-state index in [9.17, 15) is 9.59 Å². The molecule has 0 saturated heterocycles. The summed E-state index contributed by atoms with van der Waals surface area (Å²) in [5.74, 6) is -0.823. The van der Waals surface area contributed by atoms with Crippen molar-refractivity contribution in [2.75, 3.05) is 11.5 Å². The Morgan fingerprint density at radius 1 is 0.838 bits per heavy atom. The molecule has 0 spiro atoms. The van der Waals surface area contributed by atoms with E-state index in [1.54, 1.807) is 78.6 Å². The summed E-state index contributed by atoms with van der Waals surface area (Å²) in [7, 11) is 0. The van der Waals surface area contributed by atoms with Crippen LogP contribution in [0.2, 0.25) is 15.1 Å². The molecule has 4 rings (SSSR count). The van der Waals surface area contributed by atoms with Crippen molar-refractivity contribution in [3.63, 3.8) is 0 Å². The van der Waals surface area contributed by atoms with Crippen molar-refractivity contribution in [2.24, 2.45) is 0 Å². The van der Waals surface area contributed by atoms with E-state index < -0.39 is 11.9 Å². The van der Waals surface area contributed by atoms with E-state index in [4.69, 9.17) is 51.8 Å². The van der Waals surface area contributed by atoms with Crippen LogP contribution in [-0.2, 0) is 11.3 Å². The summed E-state index contributed by atoms with van der Waals surface area (Å²) in [4.78, 5) is 27.1. The number of halogens is 3. The summed E-state index contributed by atoms with van der Waals surface area (Å²) in [5.41, 5.74) is 2.07. The van der Waals surface area contributed by atoms with E-state index in [1.165, 1.54) is 0 Å². The zero-order chi connectivity index (χ0) is 26.5. The highest BCUT2D eigenvalue weighted by molar-refractivity contribution is 7.80. The van der Waals surface area contributed by atoms with Crippen molar-refractivity contribution in [1.82, 2.24) is 5.32 Å². The zero-order valence-corrected chi connectivity index (χ0v) is 22.7. The first-order valence-corrected chi connectivity index (χ1v) is 12.8. The van der Waals surface area contributed by atoms with Crippen LogP contribution in [0.5, 0.6) is 0 Å². The van der Waals surface area contributed by atoms with Gasteiger partial charge in [-0.25, -0.2) is 4.79 Å². The molecule has 0 aromatic heterocycles. The maximum Gasteiger partial charge on any atom is 0.338 e. The molecule has 0 aliphatic rings. The van der Waals surface area contributed by atoms with Crippen LogP contribution in [0.3, 0.4) is 0 Å². The molecule has 0 atom stereocenters. The van der Waals surface area contributed by atoms with Crippen LogP contribution in [-0.4, -0.2) is 23.6 Å². The second-order valence-electron chi connectivity index (χ2n) is 7.95. The fraction of sp³-hybridized carbons (Fsp3) is 0.107. The van der Waals surface area contributed by atoms with Gasteiger partial charge < -0.3 is 9.64 Å². The average Bonchev–Trinajstić information content (AvgIpc) is 2.88. The molecule has 0 fully saturated rings. The number of carbonyl (C=O) groups is 2. The van der Waals surface area contributed by atoms with Crippen molar-refractivity contribution in [3.8, 4) is 0 Å². The summed E-state index contributed by atoms with van der Waals surface area (Å²) >= 11 is 24.9. The second kappa shape index (κ2) is 11.9. The number of esters is 1. The fourth-order valence-electron chi connectivity index (χ4n) is 3.82. The van der Waals surface area contributed by atoms with Crippen molar-refractivity contribution < 1.29 is 14.3 Å². The highest BCUT2D eigenvalue weighted by Crippen LogP contribution is 2.29. The highest BCUT2D eigenvalue weighted by atomic mass is 35.5. The number of nitrogens with zero attached hydrogens (tertiary/aromatic N) is 1. The van der Waals surface area contributed by atoms with Gasteiger partial charge in [0, 0.05) is 37.3 Å². The van der Waals surface area contributed by atoms with Gasteiger partial charge in [0.25, 0.3) is 5.91 Å². The third-order valence-electron chi connectivity index (χ3n) is 5.65. The van der Waals surface area contributed by atoms with Crippen LogP contribution in [0.15, 0.2) is 78.9 Å². The molecule has 1 N–H and O–H groups in total. The van der Waals surface area contributed by atoms with Gasteiger partial charge >= 0.3 is 5.97 Å². The average molecular weight is 572 g/mol. The number of carbonyl (C=O) groups excluding carboxylic acids is 2. The lowest BCUT2D eigenvalue weighted by molar-refractivity contribution is 0.0526. The molecule has 0 radical (unpaired) electrons. The molecule has 9 heteroatoms. The zero-order valence-electron chi connectivity index (χ0n) is 19.6. The Labute approximate surface area is 234 Å². The smallest absolute Gasteiger partial charge is 0.338 e. The van der Waals surface area contributed by atoms with Crippen molar-refractivity contribution >= 4 is 80.5 Å². The number of benzene rings is 4. The number of thiocarbonyl (C=S) groups is 1. The quantitative estimate of drug-likeness (QED) is 0.190. The van der Waals surface area contributed by atoms with E-state index in [1.807, 2.05) is 12.1 Å². The number of rotatable bonds is 6. The van der Waals surface area contributed by atoms with Crippen LogP contribution >= 0.6 is 47.0 Å². The van der Waals surface area contributed by atoms with Crippen molar-refractivity contribution in [2.45, 2.75) is 13.5 Å². The Balaban J connectivity index is 1.67. The number of fused-ring (bicyclic) bond motifs is 1. The SMILES string of the molecule is CCOC(=O)c1ccc(N(Cc2c(Cl)cccc2Cl)C(=S)NC(=O)c2cccc3c(Cl)cccc23)cc1. The largest absolute Gasteiger partial charge is 0.462 e. The lowest BCUT2D eigenvalue weighted by atomic mass is 10.0. The monoisotopic (exact) mass is 570 g/mol. The van der Waals surface area contributed by atoms with Crippen LogP contribution in [0, 0.1) is 0 Å². The molecule has 4 aromatic carbocycles. The Hall–Kier alpha value is -3.16. The number of hydrogen-bond acceptors (Lipinski definition) is 4. The standard InChI is InChI=1S/C28H21Cl3N2O3S/c1-2-36-27(35)17-12-14-18(15-13-17)33(16-22-24(30)10-5-11-25(22)31)28(37)32-26(34)21-8-3-7-20-19(21)6-4-9-23(20)29/h3-15H,2,16H2,1H3,(H,32,34,37). The van der Waals surface area contributed by atoms with Crippen molar-refractivity contribution in [1.29, 1.82) is 0 Å². The first-order valence-electron chi connectivity index (χ1n) is 11.3. The van der Waals surface area contributed by atoms with Gasteiger partial charge in [-0.1, -0.05) is 65.1 Å². The highest BCUT2D eigenvalue weighted by Gasteiger charge is 2.21. The predicted molar refractivity (Wildman–Crippen MR) is 154 cm³/mol. The predicted octanol–water partition coefficient (Wildman–Crippen LogP) is 7.70. The molecule has 188 valence electrons. The molecule has 1 amide bonds. The van der Waals surface area contributed by atoms with E-state index in [0.717, 1.165) is 5.39 Å². The van der Waals surface area contributed by atoms with E-state index in [0.29, 0.717) is 42.8 Å². The van der Waals surface area contributed by atoms with Gasteiger partial charge in [0.1, 0.15) is 0 Å². The number of ether oxygens (including phenoxy) is 1. The van der Waals surface area contributed by atoms with Gasteiger partial charge in [-0.2, -0.15) is 0 Å². The number of nitrogens with one attached hydrogen (secondary N) is 1. The molecule has 0 unspecified atom stereocenters. The number of amides is 1. The van der Waals surface area contributed by atoms with Gasteiger partial charge in [0.15, 0.2) is 5.11 Å². The van der Waals surface area contributed by atoms with Gasteiger partial charge in [-0.05, 0) is 73.1 Å². The third kappa shape index (κ3) is 6.05. The summed E-state index contributed by atoms with van der Waals surface area (Å²) in [6.45, 7) is 2.19. The van der Waals surface area contributed by atoms with Crippen LogP contribution in [0.25, 0.3) is 10.8 Å². The topological polar surface area (TPSA) is 58.6 Å². The molecule has 0 saturated carbocycles. The minimum atomic E-state index is -0.430. The molecule has 0 aliphatic heterocycles. The fourth-order valence-corrected chi connectivity index (χ4v) is 4.83. The van der Waals surface area contributed by atoms with Crippen molar-refractivity contribution in [3.05, 3.63) is 111 Å². The molecule has 0 aliphatic carbocycles. The second-order valence-corrected chi connectivity index (χ2v) is 9.56. The van der Waals surface area contributed by atoms with E-state index in [-0.39, 0.29) is 18.3 Å². The molecular formula is C28H21Cl3N2O3S. The minimum absolute atomic E-state index is 0.129. The Morgan fingerprint density at radius 2 is 1.43 bits per heavy atom. The third-order valence-corrected chi connectivity index (χ3v) is 7.01. The molecule has 4 aromatic rings. The normalized spacial score (nSPS) is 10.7. The lowest BCUT2D eigenvalue weighted by Crippen LogP contribution is -2.42. The summed E-state index contributed by atoms with van der Waals surface area (Å²) < 4.78 is 5.07. The minimum Gasteiger partial charge on any atom is -0.462 e. The first kappa shape index (κ1) is 26.9. The summed E-state index contributed by atoms with van der Waals surface area (Å²) in [6.07, 6.45) is 0. The molecule has 0 bridgehead atoms. The van der Waals surface area contributed by atoms with Gasteiger partial charge in [-0.3, -0.25) is 10.1 Å². The Kier molecular flexibility index (Phi) is 8.67. The van der Waals surface area contributed by atoms with E-state index in [2.05, 4.69) is 5.32 Å². The first-order chi connectivity index (χ1) is 17.8. The number of anilines is 1. The van der Waals surface area contributed by atoms with Gasteiger partial charge in [-0.15, -0.1) is 0 Å². The van der Waals surface area contributed by atoms with Gasteiger partial charge in [0.05, 0.1) is 18.7 Å². The Morgan fingerprint density at radius 3 is 2.11 bits per heavy atom.